The van der Waals surface area contributed by atoms with E-state index in [0.717, 1.165) is 0 Å². The van der Waals surface area contributed by atoms with Gasteiger partial charge in [-0.15, -0.1) is 0 Å². The molecule has 0 spiro atoms. The van der Waals surface area contributed by atoms with Crippen LogP contribution in [0, 0.1) is 0 Å². The highest BCUT2D eigenvalue weighted by Gasteiger charge is 2.44. The van der Waals surface area contributed by atoms with Gasteiger partial charge in [-0.2, -0.15) is 0 Å². The summed E-state index contributed by atoms with van der Waals surface area (Å²) in [4.78, 5) is 1.64. The van der Waals surface area contributed by atoms with E-state index in [2.05, 4.69) is 5.32 Å². The van der Waals surface area contributed by atoms with Gasteiger partial charge in [0.1, 0.15) is 18.4 Å². The number of nitrogens with zero attached hydrogens (tertiary/aromatic N) is 1. The molecule has 6 heteroatoms. The van der Waals surface area contributed by atoms with Gasteiger partial charge in [0.15, 0.2) is 0 Å². The number of halogens is 2. The van der Waals surface area contributed by atoms with Crippen LogP contribution >= 0.6 is 0 Å². The number of phenolic OH excluding ortho intramolecular Hbond substituents is 1. The minimum absolute atomic E-state index is 0.0497. The lowest BCUT2D eigenvalue weighted by Crippen LogP contribution is -2.51. The molecule has 1 aromatic carbocycles. The molecule has 1 aliphatic heterocycles. The van der Waals surface area contributed by atoms with E-state index in [1.165, 1.54) is 18.2 Å². The summed E-state index contributed by atoms with van der Waals surface area (Å²) in [5.74, 6) is -3.29. The Labute approximate surface area is 110 Å². The van der Waals surface area contributed by atoms with E-state index >= 15 is 0 Å². The summed E-state index contributed by atoms with van der Waals surface area (Å²) >= 11 is 0. The Morgan fingerprint density at radius 3 is 2.58 bits per heavy atom. The van der Waals surface area contributed by atoms with Crippen molar-refractivity contribution in [3.63, 3.8) is 0 Å². The number of piperazine rings is 1. The predicted octanol–water partition coefficient (Wildman–Crippen LogP) is 0.966. The van der Waals surface area contributed by atoms with Crippen molar-refractivity contribution in [1.82, 2.24) is 10.2 Å². The largest absolute Gasteiger partial charge is 0.508 e. The smallest absolute Gasteiger partial charge is 0.289 e. The highest BCUT2D eigenvalue weighted by molar-refractivity contribution is 5.31. The number of aromatic hydroxyl groups is 1. The molecule has 0 amide bonds. The lowest BCUT2D eigenvalue weighted by Gasteiger charge is -2.38. The van der Waals surface area contributed by atoms with Crippen LogP contribution in [-0.4, -0.2) is 53.8 Å². The van der Waals surface area contributed by atoms with E-state index in [9.17, 15) is 13.9 Å². The van der Waals surface area contributed by atoms with Crippen molar-refractivity contribution < 1.29 is 19.0 Å². The van der Waals surface area contributed by atoms with Crippen LogP contribution in [0.1, 0.15) is 11.6 Å². The summed E-state index contributed by atoms with van der Waals surface area (Å²) in [6, 6.07) is 4.64. The monoisotopic (exact) mass is 272 g/mol. The molecule has 106 valence electrons. The second-order valence-corrected chi connectivity index (χ2v) is 4.70. The maximum atomic E-state index is 14.0. The fraction of sp³-hybridized carbons (Fsp3) is 0.538. The van der Waals surface area contributed by atoms with Gasteiger partial charge in [-0.3, -0.25) is 4.90 Å². The molecule has 4 nitrogen and oxygen atoms in total. The maximum absolute atomic E-state index is 14.0. The zero-order valence-corrected chi connectivity index (χ0v) is 10.5. The van der Waals surface area contributed by atoms with Crippen molar-refractivity contribution in [2.75, 3.05) is 32.8 Å². The molecule has 19 heavy (non-hydrogen) atoms. The molecule has 1 aliphatic rings. The number of rotatable bonds is 4. The average Bonchev–Trinajstić information content (AvgIpc) is 2.40. The summed E-state index contributed by atoms with van der Waals surface area (Å²) in [6.45, 7) is 1.02. The molecule has 3 N–H and O–H groups in total. The number of phenols is 1. The normalized spacial score (nSPS) is 19.3. The Hall–Kier alpha value is -1.24. The van der Waals surface area contributed by atoms with E-state index in [4.69, 9.17) is 5.11 Å². The highest BCUT2D eigenvalue weighted by Crippen LogP contribution is 2.37. The number of alkyl halides is 2. The predicted molar refractivity (Wildman–Crippen MR) is 67.3 cm³/mol. The average molecular weight is 272 g/mol. The number of aliphatic hydroxyl groups excluding tert-OH is 1. The van der Waals surface area contributed by atoms with E-state index in [1.807, 2.05) is 0 Å². The fourth-order valence-electron chi connectivity index (χ4n) is 2.44. The summed E-state index contributed by atoms with van der Waals surface area (Å²) in [7, 11) is 0. The Balaban J connectivity index is 2.33. The minimum Gasteiger partial charge on any atom is -0.508 e. The van der Waals surface area contributed by atoms with E-state index in [1.54, 1.807) is 11.0 Å². The van der Waals surface area contributed by atoms with E-state index < -0.39 is 18.6 Å². The first-order valence-electron chi connectivity index (χ1n) is 6.27. The molecular formula is C13H18F2N2O2. The number of aliphatic hydroxyl groups is 1. The van der Waals surface area contributed by atoms with Crippen molar-refractivity contribution in [2.45, 2.75) is 12.0 Å². The maximum Gasteiger partial charge on any atom is 0.289 e. The van der Waals surface area contributed by atoms with Gasteiger partial charge in [-0.25, -0.2) is 8.78 Å². The summed E-state index contributed by atoms with van der Waals surface area (Å²) in [5.41, 5.74) is 0.320. The molecule has 1 atom stereocenters. The third kappa shape index (κ3) is 3.20. The van der Waals surface area contributed by atoms with Crippen LogP contribution < -0.4 is 5.32 Å². The lowest BCUT2D eigenvalue weighted by atomic mass is 9.98. The molecular weight excluding hydrogens is 254 g/mol. The van der Waals surface area contributed by atoms with Gasteiger partial charge >= 0.3 is 0 Å². The second kappa shape index (κ2) is 5.81. The Morgan fingerprint density at radius 1 is 1.32 bits per heavy atom. The van der Waals surface area contributed by atoms with Crippen LogP contribution in [0.2, 0.25) is 0 Å². The zero-order valence-electron chi connectivity index (χ0n) is 10.5. The summed E-state index contributed by atoms with van der Waals surface area (Å²) in [5, 5.41) is 21.5. The van der Waals surface area contributed by atoms with E-state index in [0.29, 0.717) is 31.7 Å². The molecule has 0 bridgehead atoms. The van der Waals surface area contributed by atoms with E-state index in [-0.39, 0.29) is 5.75 Å². The number of benzene rings is 1. The van der Waals surface area contributed by atoms with Crippen LogP contribution in [0.3, 0.4) is 0 Å². The second-order valence-electron chi connectivity index (χ2n) is 4.70. The van der Waals surface area contributed by atoms with Crippen LogP contribution in [0.25, 0.3) is 0 Å². The van der Waals surface area contributed by atoms with Crippen molar-refractivity contribution in [3.8, 4) is 5.75 Å². The van der Waals surface area contributed by atoms with Crippen molar-refractivity contribution in [3.05, 3.63) is 29.8 Å². The number of nitrogens with one attached hydrogen (secondary N) is 1. The van der Waals surface area contributed by atoms with Crippen LogP contribution in [0.4, 0.5) is 8.78 Å². The molecule has 0 aromatic heterocycles. The molecule has 1 aromatic rings. The van der Waals surface area contributed by atoms with Gasteiger partial charge in [0.05, 0.1) is 0 Å². The summed E-state index contributed by atoms with van der Waals surface area (Å²) in [6.07, 6.45) is 0. The molecule has 1 saturated heterocycles. The molecule has 1 fully saturated rings. The van der Waals surface area contributed by atoms with Crippen molar-refractivity contribution in [1.29, 1.82) is 0 Å². The fourth-order valence-corrected chi connectivity index (χ4v) is 2.44. The Kier molecular flexibility index (Phi) is 4.34. The van der Waals surface area contributed by atoms with Crippen molar-refractivity contribution in [2.24, 2.45) is 0 Å². The van der Waals surface area contributed by atoms with Gasteiger partial charge in [-0.1, -0.05) is 12.1 Å². The third-order valence-corrected chi connectivity index (χ3v) is 3.31. The van der Waals surface area contributed by atoms with Crippen LogP contribution in [-0.2, 0) is 0 Å². The van der Waals surface area contributed by atoms with Crippen LogP contribution in [0.15, 0.2) is 24.3 Å². The SMILES string of the molecule is OCC(F)(F)[C@H](c1cccc(O)c1)N1CCNCC1. The Bertz CT molecular complexity index is 423. The molecule has 0 unspecified atom stereocenters. The molecule has 1 heterocycles. The van der Waals surface area contributed by atoms with Crippen LogP contribution in [0.5, 0.6) is 5.75 Å². The molecule has 0 radical (unpaired) electrons. The number of hydrogen-bond donors (Lipinski definition) is 3. The molecule has 2 rings (SSSR count). The first kappa shape index (κ1) is 14.2. The highest BCUT2D eigenvalue weighted by atomic mass is 19.3. The molecule has 0 saturated carbocycles. The van der Waals surface area contributed by atoms with Crippen molar-refractivity contribution >= 4 is 0 Å². The van der Waals surface area contributed by atoms with Gasteiger partial charge in [0.25, 0.3) is 5.92 Å². The lowest BCUT2D eigenvalue weighted by molar-refractivity contribution is -0.118. The van der Waals surface area contributed by atoms with Gasteiger partial charge in [0, 0.05) is 26.2 Å². The quantitative estimate of drug-likeness (QED) is 0.764. The zero-order chi connectivity index (χ0) is 13.9. The molecule has 0 aliphatic carbocycles. The first-order chi connectivity index (χ1) is 9.04. The first-order valence-corrected chi connectivity index (χ1v) is 6.27. The number of hydrogen-bond acceptors (Lipinski definition) is 4. The summed E-state index contributed by atoms with van der Waals surface area (Å²) < 4.78 is 28.1. The van der Waals surface area contributed by atoms with Gasteiger partial charge in [0.2, 0.25) is 0 Å². The van der Waals surface area contributed by atoms with Gasteiger partial charge in [-0.05, 0) is 17.7 Å². The standard InChI is InChI=1S/C13H18F2N2O2/c14-13(15,9-18)12(17-6-4-16-5-7-17)10-2-1-3-11(19)8-10/h1-3,8,12,16,18-19H,4-7,9H2/t12-/m0/s1. The Morgan fingerprint density at radius 2 is 2.00 bits per heavy atom. The topological polar surface area (TPSA) is 55.7 Å². The van der Waals surface area contributed by atoms with Gasteiger partial charge < -0.3 is 15.5 Å². The minimum atomic E-state index is -3.24. The third-order valence-electron chi connectivity index (χ3n) is 3.31.